The lowest BCUT2D eigenvalue weighted by Gasteiger charge is -2.11. The quantitative estimate of drug-likeness (QED) is 0.569. The van der Waals surface area contributed by atoms with Gasteiger partial charge in [-0.3, -0.25) is 9.59 Å². The van der Waals surface area contributed by atoms with Crippen LogP contribution in [0.3, 0.4) is 0 Å². The van der Waals surface area contributed by atoms with E-state index < -0.39 is 5.91 Å². The van der Waals surface area contributed by atoms with Gasteiger partial charge in [0.05, 0.1) is 17.0 Å². The van der Waals surface area contributed by atoms with E-state index in [4.69, 9.17) is 22.1 Å². The van der Waals surface area contributed by atoms with Gasteiger partial charge in [-0.25, -0.2) is 4.98 Å². The Kier molecular flexibility index (Phi) is 6.56. The first kappa shape index (κ1) is 20.9. The summed E-state index contributed by atoms with van der Waals surface area (Å²) in [6, 6.07) is 8.86. The molecule has 7 nitrogen and oxygen atoms in total. The molecule has 0 bridgehead atoms. The summed E-state index contributed by atoms with van der Waals surface area (Å²) in [5, 5.41) is 6.12. The first-order chi connectivity index (χ1) is 13.8. The van der Waals surface area contributed by atoms with Crippen molar-refractivity contribution in [1.82, 2.24) is 14.9 Å². The van der Waals surface area contributed by atoms with E-state index >= 15 is 0 Å². The van der Waals surface area contributed by atoms with E-state index in [0.29, 0.717) is 36.0 Å². The van der Waals surface area contributed by atoms with Crippen LogP contribution in [0.15, 0.2) is 35.7 Å². The minimum absolute atomic E-state index is 0.109. The van der Waals surface area contributed by atoms with Crippen molar-refractivity contribution in [3.63, 3.8) is 0 Å². The topological polar surface area (TPSA) is 99.2 Å². The average Bonchev–Trinajstić information content (AvgIpc) is 3.26. The monoisotopic (exact) mass is 432 g/mol. The Bertz CT molecular complexity index is 1030. The van der Waals surface area contributed by atoms with Crippen molar-refractivity contribution < 1.29 is 14.3 Å². The van der Waals surface area contributed by atoms with E-state index in [9.17, 15) is 9.59 Å². The van der Waals surface area contributed by atoms with E-state index in [2.05, 4.69) is 10.3 Å². The molecule has 3 N–H and O–H groups in total. The molecule has 0 aliphatic heterocycles. The zero-order valence-electron chi connectivity index (χ0n) is 16.1. The minimum atomic E-state index is -0.497. The van der Waals surface area contributed by atoms with Gasteiger partial charge >= 0.3 is 0 Å². The molecule has 0 fully saturated rings. The van der Waals surface area contributed by atoms with Gasteiger partial charge in [-0.2, -0.15) is 0 Å². The molecule has 9 heteroatoms. The number of nitrogens with two attached hydrogens (primary N) is 1. The van der Waals surface area contributed by atoms with Gasteiger partial charge in [0.2, 0.25) is 5.91 Å². The third kappa shape index (κ3) is 5.16. The highest BCUT2D eigenvalue weighted by Crippen LogP contribution is 2.28. The molecular weight excluding hydrogens is 412 g/mol. The summed E-state index contributed by atoms with van der Waals surface area (Å²) in [4.78, 5) is 27.6. The Labute approximate surface area is 177 Å². The number of carbonyl (C=O) groups excluding carboxylic acids is 2. The van der Waals surface area contributed by atoms with E-state index in [1.165, 1.54) is 18.3 Å². The summed E-state index contributed by atoms with van der Waals surface area (Å²) in [6.07, 6.45) is 0. The molecule has 29 heavy (non-hydrogen) atoms. The van der Waals surface area contributed by atoms with Crippen molar-refractivity contribution in [2.24, 2.45) is 5.73 Å². The van der Waals surface area contributed by atoms with E-state index in [0.717, 1.165) is 22.1 Å². The number of amides is 2. The van der Waals surface area contributed by atoms with Crippen LogP contribution in [0.5, 0.6) is 5.75 Å². The maximum atomic E-state index is 11.8. The zero-order valence-corrected chi connectivity index (χ0v) is 17.6. The number of halogens is 1. The smallest absolute Gasteiger partial charge is 0.250 e. The third-order valence-electron chi connectivity index (χ3n) is 4.33. The Balaban J connectivity index is 1.80. The van der Waals surface area contributed by atoms with Crippen molar-refractivity contribution in [2.75, 3.05) is 6.54 Å². The molecule has 0 radical (unpaired) electrons. The van der Waals surface area contributed by atoms with Gasteiger partial charge in [0, 0.05) is 36.1 Å². The van der Waals surface area contributed by atoms with Crippen molar-refractivity contribution in [3.05, 3.63) is 57.0 Å². The van der Waals surface area contributed by atoms with E-state index in [1.807, 2.05) is 16.9 Å². The van der Waals surface area contributed by atoms with Gasteiger partial charge < -0.3 is 20.4 Å². The lowest BCUT2D eigenvalue weighted by molar-refractivity contribution is -0.118. The summed E-state index contributed by atoms with van der Waals surface area (Å²) < 4.78 is 7.69. The van der Waals surface area contributed by atoms with Crippen molar-refractivity contribution in [2.45, 2.75) is 27.0 Å². The number of nitrogens with zero attached hydrogens (tertiary/aromatic N) is 2. The van der Waals surface area contributed by atoms with Crippen LogP contribution < -0.4 is 15.8 Å². The summed E-state index contributed by atoms with van der Waals surface area (Å²) in [5.74, 6) is 0.0991. The molecule has 2 aromatic heterocycles. The molecule has 0 aliphatic carbocycles. The number of rotatable bonds is 8. The fourth-order valence-electron chi connectivity index (χ4n) is 2.91. The predicted octanol–water partition coefficient (Wildman–Crippen LogP) is 3.39. The number of thiazole rings is 1. The minimum Gasteiger partial charge on any atom is -0.486 e. The standard InChI is InChI=1S/C20H21ClN4O3S/c1-12-16(20(22)27)9-18(25(12)8-7-23-13(2)26)17-11-29-19(24-17)10-28-15-5-3-14(21)4-6-15/h3-6,9,11H,7-8,10H2,1-2H3,(H2,22,27)(H,23,26). The zero-order chi connectivity index (χ0) is 21.0. The summed E-state index contributed by atoms with van der Waals surface area (Å²) >= 11 is 7.35. The molecule has 2 amide bonds. The SMILES string of the molecule is CC(=O)NCCn1c(-c2csc(COc3ccc(Cl)cc3)n2)cc(C(N)=O)c1C. The molecule has 152 valence electrons. The van der Waals surface area contributed by atoms with Gasteiger partial charge in [0.25, 0.3) is 5.91 Å². The average molecular weight is 433 g/mol. The van der Waals surface area contributed by atoms with Gasteiger partial charge in [-0.05, 0) is 37.3 Å². The fraction of sp³-hybridized carbons (Fsp3) is 0.250. The largest absolute Gasteiger partial charge is 0.486 e. The maximum absolute atomic E-state index is 11.8. The summed E-state index contributed by atoms with van der Waals surface area (Å²) in [6.45, 7) is 4.55. The number of aromatic nitrogens is 2. The molecule has 0 unspecified atom stereocenters. The van der Waals surface area contributed by atoms with Gasteiger partial charge in [-0.15, -0.1) is 11.3 Å². The normalized spacial score (nSPS) is 10.7. The molecule has 2 heterocycles. The molecule has 0 atom stereocenters. The second-order valence-corrected chi connectivity index (χ2v) is 7.78. The van der Waals surface area contributed by atoms with Crippen LogP contribution in [0.2, 0.25) is 5.02 Å². The predicted molar refractivity (Wildman–Crippen MR) is 113 cm³/mol. The Morgan fingerprint density at radius 2 is 2.03 bits per heavy atom. The van der Waals surface area contributed by atoms with Crippen LogP contribution >= 0.6 is 22.9 Å². The van der Waals surface area contributed by atoms with Crippen LogP contribution in [-0.4, -0.2) is 27.9 Å². The van der Waals surface area contributed by atoms with E-state index in [1.54, 1.807) is 30.3 Å². The Hall–Kier alpha value is -2.84. The lowest BCUT2D eigenvalue weighted by atomic mass is 10.2. The molecule has 3 rings (SSSR count). The highest BCUT2D eigenvalue weighted by Gasteiger charge is 2.18. The number of primary amides is 1. The lowest BCUT2D eigenvalue weighted by Crippen LogP contribution is -2.25. The molecule has 0 saturated carbocycles. The van der Waals surface area contributed by atoms with Gasteiger partial charge in [0.1, 0.15) is 17.4 Å². The van der Waals surface area contributed by atoms with E-state index in [-0.39, 0.29) is 5.91 Å². The number of carbonyl (C=O) groups is 2. The van der Waals surface area contributed by atoms with Crippen molar-refractivity contribution in [1.29, 1.82) is 0 Å². The number of hydrogen-bond donors (Lipinski definition) is 2. The number of benzene rings is 1. The first-order valence-electron chi connectivity index (χ1n) is 8.92. The van der Waals surface area contributed by atoms with Crippen LogP contribution in [-0.2, 0) is 17.9 Å². The van der Waals surface area contributed by atoms with Crippen molar-refractivity contribution in [3.8, 4) is 17.1 Å². The van der Waals surface area contributed by atoms with Crippen LogP contribution in [0, 0.1) is 6.92 Å². The van der Waals surface area contributed by atoms with Gasteiger partial charge in [0.15, 0.2) is 0 Å². The molecule has 3 aromatic rings. The number of hydrogen-bond acceptors (Lipinski definition) is 5. The van der Waals surface area contributed by atoms with Crippen LogP contribution in [0.4, 0.5) is 0 Å². The summed E-state index contributed by atoms with van der Waals surface area (Å²) in [5.41, 5.74) is 8.19. The first-order valence-corrected chi connectivity index (χ1v) is 10.2. The third-order valence-corrected chi connectivity index (χ3v) is 5.41. The molecule has 1 aromatic carbocycles. The van der Waals surface area contributed by atoms with Crippen molar-refractivity contribution >= 4 is 34.8 Å². The Morgan fingerprint density at radius 3 is 2.69 bits per heavy atom. The van der Waals surface area contributed by atoms with Gasteiger partial charge in [-0.1, -0.05) is 11.6 Å². The fourth-order valence-corrected chi connectivity index (χ4v) is 3.73. The van der Waals surface area contributed by atoms with Crippen LogP contribution in [0.25, 0.3) is 11.4 Å². The molecule has 0 spiro atoms. The number of nitrogens with one attached hydrogen (secondary N) is 1. The second kappa shape index (κ2) is 9.11. The van der Waals surface area contributed by atoms with Crippen LogP contribution in [0.1, 0.15) is 28.0 Å². The number of ether oxygens (including phenoxy) is 1. The summed E-state index contributed by atoms with van der Waals surface area (Å²) in [7, 11) is 0. The second-order valence-electron chi connectivity index (χ2n) is 6.40. The molecule has 0 aliphatic rings. The highest BCUT2D eigenvalue weighted by molar-refractivity contribution is 7.09. The Morgan fingerprint density at radius 1 is 1.31 bits per heavy atom. The molecular formula is C20H21ClN4O3S. The molecule has 0 saturated heterocycles. The maximum Gasteiger partial charge on any atom is 0.250 e. The highest BCUT2D eigenvalue weighted by atomic mass is 35.5.